The molecule has 2 fully saturated rings. The van der Waals surface area contributed by atoms with E-state index in [1.807, 2.05) is 0 Å². The third-order valence-electron chi connectivity index (χ3n) is 7.94. The molecular weight excluding hydrogens is 433 g/mol. The molecule has 1 heterocycles. The van der Waals surface area contributed by atoms with Crippen molar-refractivity contribution in [2.24, 2.45) is 11.8 Å². The number of aryl methyl sites for hydroxylation is 1. The molecule has 1 aromatic rings. The number of halogens is 4. The van der Waals surface area contributed by atoms with E-state index >= 15 is 0 Å². The van der Waals surface area contributed by atoms with Gasteiger partial charge in [-0.3, -0.25) is 0 Å². The smallest absolute Gasteiger partial charge is 0.147 e. The number of rotatable bonds is 9. The Hall–Kier alpha value is -0.743. The van der Waals surface area contributed by atoms with Crippen LogP contribution in [-0.4, -0.2) is 8.80 Å². The molecule has 0 radical (unpaired) electrons. The molecule has 5 heteroatoms. The highest BCUT2D eigenvalue weighted by Crippen LogP contribution is 2.42. The van der Waals surface area contributed by atoms with Gasteiger partial charge in [0.2, 0.25) is 0 Å². The lowest BCUT2D eigenvalue weighted by Gasteiger charge is -2.37. The average molecular weight is 471 g/mol. The molecule has 0 atom stereocenters. The van der Waals surface area contributed by atoms with E-state index in [1.165, 1.54) is 88.4 Å². The summed E-state index contributed by atoms with van der Waals surface area (Å²) in [6, 6.07) is 5.42. The summed E-state index contributed by atoms with van der Waals surface area (Å²) >= 11 is 5.27. The normalized spacial score (nSPS) is 27.5. The highest BCUT2D eigenvalue weighted by molar-refractivity contribution is 6.60. The second-order valence-electron chi connectivity index (χ2n) is 9.99. The van der Waals surface area contributed by atoms with Gasteiger partial charge in [0.05, 0.1) is 5.56 Å². The maximum Gasteiger partial charge on any atom is 0.147 e. The van der Waals surface area contributed by atoms with Crippen LogP contribution in [0.25, 0.3) is 5.83 Å². The van der Waals surface area contributed by atoms with E-state index in [0.717, 1.165) is 17.9 Å². The summed E-state index contributed by atoms with van der Waals surface area (Å²) in [7, 11) is -0.624. The molecule has 2 aliphatic rings. The predicted molar refractivity (Wildman–Crippen MR) is 129 cm³/mol. The summed E-state index contributed by atoms with van der Waals surface area (Å²) in [5.41, 5.74) is 1.58. The van der Waals surface area contributed by atoms with Gasteiger partial charge in [0.15, 0.2) is 0 Å². The largest absolute Gasteiger partial charge is 0.206 e. The maximum atomic E-state index is 14.1. The first-order valence-corrected chi connectivity index (χ1v) is 15.2. The molecule has 3 rings (SSSR count). The first-order valence-electron chi connectivity index (χ1n) is 12.5. The van der Waals surface area contributed by atoms with E-state index < -0.39 is 31.8 Å². The topological polar surface area (TPSA) is 0 Å². The quantitative estimate of drug-likeness (QED) is 0.249. The van der Waals surface area contributed by atoms with Crippen LogP contribution in [0.2, 0.25) is 17.6 Å². The van der Waals surface area contributed by atoms with Crippen LogP contribution < -0.4 is 0 Å². The molecule has 0 unspecified atom stereocenters. The Morgan fingerprint density at radius 1 is 0.968 bits per heavy atom. The molecule has 0 aromatic heterocycles. The molecule has 0 nitrogen and oxygen atoms in total. The molecule has 1 saturated heterocycles. The van der Waals surface area contributed by atoms with Crippen LogP contribution in [0.4, 0.5) is 13.2 Å². The molecule has 0 spiro atoms. The molecule has 1 aromatic carbocycles. The summed E-state index contributed by atoms with van der Waals surface area (Å²) in [6.07, 6.45) is 15.7. The Labute approximate surface area is 193 Å². The van der Waals surface area contributed by atoms with Crippen molar-refractivity contribution >= 4 is 26.2 Å². The van der Waals surface area contributed by atoms with Crippen LogP contribution in [0, 0.1) is 23.5 Å². The Bertz CT molecular complexity index is 696. The third kappa shape index (κ3) is 7.12. The molecule has 0 bridgehead atoms. The lowest BCUT2D eigenvalue weighted by molar-refractivity contribution is 0.323. The number of hydrogen-bond acceptors (Lipinski definition) is 0. The van der Waals surface area contributed by atoms with Crippen LogP contribution in [-0.2, 0) is 6.42 Å². The molecular formula is C26H38ClF3Si. The first-order chi connectivity index (χ1) is 15.0. The zero-order valence-corrected chi connectivity index (χ0v) is 20.9. The summed E-state index contributed by atoms with van der Waals surface area (Å²) in [6.45, 7) is 2.28. The summed E-state index contributed by atoms with van der Waals surface area (Å²) < 4.78 is 41.8. The van der Waals surface area contributed by atoms with Crippen molar-refractivity contribution in [3.05, 3.63) is 40.4 Å². The zero-order chi connectivity index (χ0) is 22.2. The van der Waals surface area contributed by atoms with Gasteiger partial charge in [0.1, 0.15) is 17.5 Å². The molecule has 0 N–H and O–H groups in total. The van der Waals surface area contributed by atoms with Crippen LogP contribution in [0.3, 0.4) is 0 Å². The van der Waals surface area contributed by atoms with Crippen molar-refractivity contribution in [1.82, 2.24) is 0 Å². The fraction of sp³-hybridized carbons (Fsp3) is 0.692. The van der Waals surface area contributed by atoms with Gasteiger partial charge in [-0.15, -0.1) is 0 Å². The maximum absolute atomic E-state index is 14.1. The van der Waals surface area contributed by atoms with Gasteiger partial charge in [0.25, 0.3) is 0 Å². The van der Waals surface area contributed by atoms with Crippen molar-refractivity contribution in [2.45, 2.75) is 102 Å². The van der Waals surface area contributed by atoms with Gasteiger partial charge in [-0.25, -0.2) is 13.2 Å². The van der Waals surface area contributed by atoms with Crippen molar-refractivity contribution in [2.75, 3.05) is 0 Å². The zero-order valence-electron chi connectivity index (χ0n) is 19.0. The van der Waals surface area contributed by atoms with Gasteiger partial charge in [0, 0.05) is 14.3 Å². The Balaban J connectivity index is 1.40. The summed E-state index contributed by atoms with van der Waals surface area (Å²) in [4.78, 5) is 0. The molecule has 1 aliphatic carbocycles. The van der Waals surface area contributed by atoms with Crippen molar-refractivity contribution in [3.63, 3.8) is 0 Å². The van der Waals surface area contributed by atoms with Crippen LogP contribution in [0.1, 0.15) is 88.7 Å². The minimum atomic E-state index is -1.07. The van der Waals surface area contributed by atoms with E-state index in [4.69, 9.17) is 11.6 Å². The Morgan fingerprint density at radius 3 is 2.16 bits per heavy atom. The second-order valence-corrected chi connectivity index (χ2v) is 13.8. The van der Waals surface area contributed by atoms with E-state index in [1.54, 1.807) is 0 Å². The van der Waals surface area contributed by atoms with E-state index in [9.17, 15) is 13.2 Å². The SMILES string of the molecule is CCCCCC1CCC([SiH]2CCC(CCc3cc(F)c(/C(F)=C/Cl)c(F)c3)CC2)CC1. The monoisotopic (exact) mass is 470 g/mol. The fourth-order valence-electron chi connectivity index (χ4n) is 6.00. The molecule has 1 aliphatic heterocycles. The third-order valence-corrected chi connectivity index (χ3v) is 12.3. The van der Waals surface area contributed by atoms with E-state index in [2.05, 4.69) is 6.92 Å². The lowest BCUT2D eigenvalue weighted by atomic mass is 9.85. The standard InChI is InChI=1S/C26H38ClF3Si/c1-2-3-4-5-19-8-10-22(11-9-19)31-14-12-20(13-15-31)6-7-21-16-23(28)26(24(29)17-21)25(30)18-27/h16-20,22,31H,2-15H2,1H3/b25-18-. The average Bonchev–Trinajstić information content (AvgIpc) is 2.78. The summed E-state index contributed by atoms with van der Waals surface area (Å²) in [5.74, 6) is -1.15. The fourth-order valence-corrected chi connectivity index (χ4v) is 10.5. The number of hydrogen-bond donors (Lipinski definition) is 0. The molecule has 174 valence electrons. The van der Waals surface area contributed by atoms with Crippen LogP contribution in [0.15, 0.2) is 17.7 Å². The van der Waals surface area contributed by atoms with Crippen LogP contribution in [0.5, 0.6) is 0 Å². The molecule has 31 heavy (non-hydrogen) atoms. The predicted octanol–water partition coefficient (Wildman–Crippen LogP) is 9.18. The van der Waals surface area contributed by atoms with Gasteiger partial charge in [-0.1, -0.05) is 94.8 Å². The number of benzene rings is 1. The molecule has 1 saturated carbocycles. The minimum Gasteiger partial charge on any atom is -0.206 e. The van der Waals surface area contributed by atoms with E-state index in [-0.39, 0.29) is 0 Å². The van der Waals surface area contributed by atoms with Crippen LogP contribution >= 0.6 is 11.6 Å². The summed E-state index contributed by atoms with van der Waals surface area (Å²) in [5, 5.41) is 0. The van der Waals surface area contributed by atoms with Crippen molar-refractivity contribution in [1.29, 1.82) is 0 Å². The van der Waals surface area contributed by atoms with E-state index in [0.29, 0.717) is 23.4 Å². The minimum absolute atomic E-state index is 0.572. The highest BCUT2D eigenvalue weighted by atomic mass is 35.5. The second kappa shape index (κ2) is 12.5. The number of unbranched alkanes of at least 4 members (excludes halogenated alkanes) is 2. The van der Waals surface area contributed by atoms with Gasteiger partial charge in [-0.2, -0.15) is 0 Å². The molecule has 0 amide bonds. The Morgan fingerprint density at radius 2 is 1.58 bits per heavy atom. The highest BCUT2D eigenvalue weighted by Gasteiger charge is 2.31. The lowest BCUT2D eigenvalue weighted by Crippen LogP contribution is -2.29. The van der Waals surface area contributed by atoms with Gasteiger partial charge >= 0.3 is 0 Å². The van der Waals surface area contributed by atoms with Gasteiger partial charge in [-0.05, 0) is 47.9 Å². The Kier molecular flexibility index (Phi) is 10.0. The first kappa shape index (κ1) is 24.9. The van der Waals surface area contributed by atoms with Crippen molar-refractivity contribution in [3.8, 4) is 0 Å². The van der Waals surface area contributed by atoms with Crippen molar-refractivity contribution < 1.29 is 13.2 Å². The van der Waals surface area contributed by atoms with Gasteiger partial charge < -0.3 is 0 Å².